The number of amides is 2. The van der Waals surface area contributed by atoms with Gasteiger partial charge in [0.2, 0.25) is 10.0 Å². The molecule has 0 fully saturated rings. The highest BCUT2D eigenvalue weighted by molar-refractivity contribution is 7.89. The molecule has 31 heavy (non-hydrogen) atoms. The van der Waals surface area contributed by atoms with E-state index in [1.165, 1.54) is 23.5 Å². The number of carbonyl (C=O) groups excluding carboxylic acids is 2. The van der Waals surface area contributed by atoms with E-state index < -0.39 is 10.0 Å². The molecule has 0 unspecified atom stereocenters. The predicted octanol–water partition coefficient (Wildman–Crippen LogP) is 3.13. The number of carbonyl (C=O) groups is 2. The lowest BCUT2D eigenvalue weighted by Gasteiger charge is -2.21. The van der Waals surface area contributed by atoms with E-state index in [-0.39, 0.29) is 40.9 Å². The maximum absolute atomic E-state index is 12.7. The van der Waals surface area contributed by atoms with E-state index >= 15 is 0 Å². The van der Waals surface area contributed by atoms with E-state index in [9.17, 15) is 18.0 Å². The van der Waals surface area contributed by atoms with Crippen LogP contribution in [-0.4, -0.2) is 55.6 Å². The molecule has 168 valence electrons. The Morgan fingerprint density at radius 1 is 0.903 bits per heavy atom. The summed E-state index contributed by atoms with van der Waals surface area (Å²) < 4.78 is 26.6. The lowest BCUT2D eigenvalue weighted by Crippen LogP contribution is -2.33. The van der Waals surface area contributed by atoms with Gasteiger partial charge in [-0.1, -0.05) is 18.2 Å². The van der Waals surface area contributed by atoms with Crippen LogP contribution in [0.15, 0.2) is 53.4 Å². The smallest absolute Gasteiger partial charge is 0.253 e. The van der Waals surface area contributed by atoms with Gasteiger partial charge in [-0.3, -0.25) is 9.59 Å². The molecule has 0 aliphatic rings. The number of hydrogen-bond donors (Lipinski definition) is 1. The van der Waals surface area contributed by atoms with Crippen LogP contribution >= 0.6 is 0 Å². The third kappa shape index (κ3) is 5.92. The van der Waals surface area contributed by atoms with E-state index in [0.717, 1.165) is 5.56 Å². The molecule has 0 saturated heterocycles. The topological polar surface area (TPSA) is 86.8 Å². The Labute approximate surface area is 185 Å². The summed E-state index contributed by atoms with van der Waals surface area (Å²) in [6.45, 7) is 7.73. The van der Waals surface area contributed by atoms with E-state index in [1.54, 1.807) is 62.2 Å². The van der Waals surface area contributed by atoms with Crippen LogP contribution in [0.3, 0.4) is 0 Å². The average molecular weight is 446 g/mol. The Morgan fingerprint density at radius 3 is 2.06 bits per heavy atom. The second-order valence-electron chi connectivity index (χ2n) is 8.03. The number of nitrogens with zero attached hydrogens (tertiary/aromatic N) is 2. The van der Waals surface area contributed by atoms with Crippen molar-refractivity contribution in [2.45, 2.75) is 51.2 Å². The minimum Gasteiger partial charge on any atom is -0.348 e. The normalized spacial score (nSPS) is 11.8. The molecule has 2 aromatic carbocycles. The van der Waals surface area contributed by atoms with Crippen LogP contribution in [0.1, 0.15) is 54.0 Å². The first kappa shape index (κ1) is 24.6. The van der Waals surface area contributed by atoms with Crippen molar-refractivity contribution in [1.82, 2.24) is 14.5 Å². The molecule has 0 aromatic heterocycles. The molecular weight excluding hydrogens is 414 g/mol. The van der Waals surface area contributed by atoms with Crippen molar-refractivity contribution in [3.63, 3.8) is 0 Å². The molecule has 1 N–H and O–H groups in total. The van der Waals surface area contributed by atoms with Crippen LogP contribution in [0.5, 0.6) is 0 Å². The van der Waals surface area contributed by atoms with Gasteiger partial charge in [-0.2, -0.15) is 4.31 Å². The van der Waals surface area contributed by atoms with Gasteiger partial charge in [0.1, 0.15) is 0 Å². The first-order valence-electron chi connectivity index (χ1n) is 10.2. The summed E-state index contributed by atoms with van der Waals surface area (Å²) in [5, 5.41) is 2.79. The molecule has 2 amide bonds. The predicted molar refractivity (Wildman–Crippen MR) is 121 cm³/mol. The highest BCUT2D eigenvalue weighted by Gasteiger charge is 2.24. The molecule has 7 nitrogen and oxygen atoms in total. The SMILES string of the molecule is CC(C)N(C)C(=O)c1ccc(CNC(=O)c2cccc(S(=O)(=O)N(C)C(C)C)c2)cc1. The van der Waals surface area contributed by atoms with Gasteiger partial charge in [0.15, 0.2) is 0 Å². The zero-order valence-electron chi connectivity index (χ0n) is 18.9. The minimum absolute atomic E-state index is 0.0602. The molecule has 2 aromatic rings. The van der Waals surface area contributed by atoms with Gasteiger partial charge in [-0.25, -0.2) is 8.42 Å². The summed E-state index contributed by atoms with van der Waals surface area (Å²) in [5.41, 5.74) is 1.68. The van der Waals surface area contributed by atoms with E-state index in [0.29, 0.717) is 5.56 Å². The highest BCUT2D eigenvalue weighted by Crippen LogP contribution is 2.18. The van der Waals surface area contributed by atoms with Crippen LogP contribution in [0.2, 0.25) is 0 Å². The molecule has 0 heterocycles. The summed E-state index contributed by atoms with van der Waals surface area (Å²) in [5.74, 6) is -0.432. The largest absolute Gasteiger partial charge is 0.348 e. The zero-order chi connectivity index (χ0) is 23.3. The number of benzene rings is 2. The van der Waals surface area contributed by atoms with Crippen molar-refractivity contribution in [2.24, 2.45) is 0 Å². The Hall–Kier alpha value is -2.71. The zero-order valence-corrected chi connectivity index (χ0v) is 19.7. The van der Waals surface area contributed by atoms with Gasteiger partial charge < -0.3 is 10.2 Å². The van der Waals surface area contributed by atoms with Crippen LogP contribution in [0, 0.1) is 0 Å². The van der Waals surface area contributed by atoms with Crippen molar-refractivity contribution < 1.29 is 18.0 Å². The molecule has 0 aliphatic carbocycles. The quantitative estimate of drug-likeness (QED) is 0.676. The third-order valence-electron chi connectivity index (χ3n) is 5.25. The standard InChI is InChI=1S/C23H31N3O4S/c1-16(2)25(5)23(28)19-12-10-18(11-13-19)15-24-22(27)20-8-7-9-21(14-20)31(29,30)26(6)17(3)4/h7-14,16-17H,15H2,1-6H3,(H,24,27). The van der Waals surface area contributed by atoms with E-state index in [4.69, 9.17) is 0 Å². The molecule has 0 saturated carbocycles. The molecule has 0 bridgehead atoms. The minimum atomic E-state index is -3.67. The van der Waals surface area contributed by atoms with Gasteiger partial charge in [0, 0.05) is 43.9 Å². The van der Waals surface area contributed by atoms with Crippen LogP contribution < -0.4 is 5.32 Å². The van der Waals surface area contributed by atoms with Crippen molar-refractivity contribution in [1.29, 1.82) is 0 Å². The molecule has 0 atom stereocenters. The first-order valence-corrected chi connectivity index (χ1v) is 11.6. The summed E-state index contributed by atoms with van der Waals surface area (Å²) in [6.07, 6.45) is 0. The fourth-order valence-corrected chi connectivity index (χ4v) is 4.14. The number of rotatable bonds is 8. The van der Waals surface area contributed by atoms with Gasteiger partial charge in [0.25, 0.3) is 11.8 Å². The maximum Gasteiger partial charge on any atom is 0.253 e. The van der Waals surface area contributed by atoms with E-state index in [1.807, 2.05) is 13.8 Å². The molecule has 8 heteroatoms. The van der Waals surface area contributed by atoms with Crippen LogP contribution in [0.25, 0.3) is 0 Å². The summed E-state index contributed by atoms with van der Waals surface area (Å²) in [7, 11) is -0.398. The van der Waals surface area contributed by atoms with Gasteiger partial charge in [0.05, 0.1) is 4.90 Å². The Balaban J connectivity index is 2.08. The number of sulfonamides is 1. The molecule has 0 spiro atoms. The van der Waals surface area contributed by atoms with E-state index in [2.05, 4.69) is 5.32 Å². The fraction of sp³-hybridized carbons (Fsp3) is 0.391. The number of hydrogen-bond acceptors (Lipinski definition) is 4. The fourth-order valence-electron chi connectivity index (χ4n) is 2.73. The third-order valence-corrected chi connectivity index (χ3v) is 7.28. The molecule has 2 rings (SSSR count). The summed E-state index contributed by atoms with van der Waals surface area (Å²) >= 11 is 0. The first-order chi connectivity index (χ1) is 14.4. The highest BCUT2D eigenvalue weighted by atomic mass is 32.2. The average Bonchev–Trinajstić information content (AvgIpc) is 2.76. The lowest BCUT2D eigenvalue weighted by molar-refractivity contribution is 0.0754. The maximum atomic E-state index is 12.7. The Morgan fingerprint density at radius 2 is 1.52 bits per heavy atom. The molecule has 0 radical (unpaired) electrons. The van der Waals surface area contributed by atoms with Crippen molar-refractivity contribution in [3.8, 4) is 0 Å². The van der Waals surface area contributed by atoms with Crippen molar-refractivity contribution in [3.05, 3.63) is 65.2 Å². The molecule has 0 aliphatic heterocycles. The Bertz CT molecular complexity index is 1030. The summed E-state index contributed by atoms with van der Waals surface area (Å²) in [4.78, 5) is 26.7. The second kappa shape index (κ2) is 10.1. The lowest BCUT2D eigenvalue weighted by atomic mass is 10.1. The van der Waals surface area contributed by atoms with Crippen LogP contribution in [-0.2, 0) is 16.6 Å². The van der Waals surface area contributed by atoms with Crippen molar-refractivity contribution in [2.75, 3.05) is 14.1 Å². The van der Waals surface area contributed by atoms with Gasteiger partial charge in [-0.05, 0) is 63.6 Å². The van der Waals surface area contributed by atoms with Crippen LogP contribution in [0.4, 0.5) is 0 Å². The Kier molecular flexibility index (Phi) is 7.97. The molecular formula is C23H31N3O4S. The monoisotopic (exact) mass is 445 g/mol. The van der Waals surface area contributed by atoms with Crippen molar-refractivity contribution >= 4 is 21.8 Å². The van der Waals surface area contributed by atoms with Gasteiger partial charge >= 0.3 is 0 Å². The number of nitrogens with one attached hydrogen (secondary N) is 1. The van der Waals surface area contributed by atoms with Gasteiger partial charge in [-0.15, -0.1) is 0 Å². The summed E-state index contributed by atoms with van der Waals surface area (Å²) in [6, 6.07) is 13.0. The second-order valence-corrected chi connectivity index (χ2v) is 10.0.